The monoisotopic (exact) mass is 368 g/mol. The first-order chi connectivity index (χ1) is 12.1. The standard InChI is InChI=1S/C21H33ClO3/c1-3-4-5-6-7-10-13-17-16-19(22)21(24)18(17)14-11-8-9-12-15-20(23)25-2/h10,13-14,17,19H,3-9,11-12,15-16H2,1-2H3/t17-,19?/m0/s1. The van der Waals surface area contributed by atoms with Gasteiger partial charge in [0.2, 0.25) is 0 Å². The summed E-state index contributed by atoms with van der Waals surface area (Å²) in [6.45, 7) is 2.22. The van der Waals surface area contributed by atoms with Crippen molar-refractivity contribution in [3.05, 3.63) is 23.8 Å². The average Bonchev–Trinajstić information content (AvgIpc) is 2.88. The fourth-order valence-corrected chi connectivity index (χ4v) is 3.47. The minimum atomic E-state index is -0.375. The van der Waals surface area contributed by atoms with Crippen LogP contribution >= 0.6 is 11.6 Å². The molecule has 0 aromatic carbocycles. The molecular weight excluding hydrogens is 336 g/mol. The highest BCUT2D eigenvalue weighted by Crippen LogP contribution is 2.33. The molecule has 142 valence electrons. The number of alkyl halides is 1. The Kier molecular flexibility index (Phi) is 11.6. The number of methoxy groups -OCH3 is 1. The van der Waals surface area contributed by atoms with Crippen molar-refractivity contribution >= 4 is 23.4 Å². The van der Waals surface area contributed by atoms with Crippen LogP contribution in [0.3, 0.4) is 0 Å². The van der Waals surface area contributed by atoms with Gasteiger partial charge >= 0.3 is 5.97 Å². The van der Waals surface area contributed by atoms with E-state index in [1.54, 1.807) is 0 Å². The first kappa shape index (κ1) is 22.0. The predicted molar refractivity (Wildman–Crippen MR) is 104 cm³/mol. The maximum atomic E-state index is 12.2. The molecule has 0 radical (unpaired) electrons. The van der Waals surface area contributed by atoms with E-state index in [0.29, 0.717) is 6.42 Å². The van der Waals surface area contributed by atoms with Gasteiger partial charge in [-0.25, -0.2) is 0 Å². The molecule has 0 saturated heterocycles. The number of allylic oxidation sites excluding steroid dienone is 4. The van der Waals surface area contributed by atoms with Crippen LogP contribution in [-0.2, 0) is 14.3 Å². The van der Waals surface area contributed by atoms with Gasteiger partial charge in [0.15, 0.2) is 5.78 Å². The zero-order valence-corrected chi connectivity index (χ0v) is 16.5. The Morgan fingerprint density at radius 3 is 2.60 bits per heavy atom. The Labute approximate surface area is 157 Å². The second-order valence-corrected chi connectivity index (χ2v) is 7.31. The second kappa shape index (κ2) is 13.2. The molecule has 2 atom stereocenters. The Balaban J connectivity index is 2.37. The molecule has 4 heteroatoms. The number of hydrogen-bond acceptors (Lipinski definition) is 3. The van der Waals surface area contributed by atoms with Crippen LogP contribution in [0.25, 0.3) is 0 Å². The van der Waals surface area contributed by atoms with Gasteiger partial charge in [-0.2, -0.15) is 0 Å². The van der Waals surface area contributed by atoms with E-state index < -0.39 is 0 Å². The third-order valence-corrected chi connectivity index (χ3v) is 5.08. The number of hydrogen-bond donors (Lipinski definition) is 0. The van der Waals surface area contributed by atoms with E-state index in [1.165, 1.54) is 32.8 Å². The minimum Gasteiger partial charge on any atom is -0.469 e. The van der Waals surface area contributed by atoms with Gasteiger partial charge in [-0.15, -0.1) is 11.6 Å². The normalized spacial score (nSPS) is 22.2. The molecule has 1 rings (SSSR count). The molecule has 0 aliphatic heterocycles. The molecule has 1 aliphatic carbocycles. The quantitative estimate of drug-likeness (QED) is 0.144. The number of esters is 1. The first-order valence-corrected chi connectivity index (χ1v) is 10.2. The highest BCUT2D eigenvalue weighted by molar-refractivity contribution is 6.35. The number of carbonyl (C=O) groups excluding carboxylic acids is 2. The summed E-state index contributed by atoms with van der Waals surface area (Å²) >= 11 is 6.17. The lowest BCUT2D eigenvalue weighted by Gasteiger charge is -2.05. The summed E-state index contributed by atoms with van der Waals surface area (Å²) in [5, 5.41) is -0.375. The fourth-order valence-electron chi connectivity index (χ4n) is 3.15. The van der Waals surface area contributed by atoms with Crippen molar-refractivity contribution in [1.82, 2.24) is 0 Å². The fraction of sp³-hybridized carbons (Fsp3) is 0.714. The van der Waals surface area contributed by atoms with E-state index in [-0.39, 0.29) is 23.0 Å². The van der Waals surface area contributed by atoms with Crippen molar-refractivity contribution in [3.8, 4) is 0 Å². The van der Waals surface area contributed by atoms with Crippen LogP contribution in [0.1, 0.15) is 77.6 Å². The molecular formula is C21H33ClO3. The van der Waals surface area contributed by atoms with Crippen LogP contribution in [-0.4, -0.2) is 24.2 Å². The van der Waals surface area contributed by atoms with Crippen LogP contribution in [0.4, 0.5) is 0 Å². The summed E-state index contributed by atoms with van der Waals surface area (Å²) in [6, 6.07) is 0. The van der Waals surface area contributed by atoms with E-state index in [0.717, 1.165) is 44.1 Å². The predicted octanol–water partition coefficient (Wildman–Crippen LogP) is 5.76. The molecule has 0 spiro atoms. The Morgan fingerprint density at radius 2 is 1.88 bits per heavy atom. The number of carbonyl (C=O) groups is 2. The van der Waals surface area contributed by atoms with Gasteiger partial charge in [-0.3, -0.25) is 9.59 Å². The SMILES string of the molecule is CCCCCCC=C[C@H]1CC(Cl)C(=O)C1=CCCCCCC(=O)OC. The van der Waals surface area contributed by atoms with Gasteiger partial charge in [0.05, 0.1) is 12.5 Å². The lowest BCUT2D eigenvalue weighted by atomic mass is 9.99. The maximum Gasteiger partial charge on any atom is 0.305 e. The van der Waals surface area contributed by atoms with Gasteiger partial charge in [0.1, 0.15) is 0 Å². The van der Waals surface area contributed by atoms with Gasteiger partial charge in [-0.05, 0) is 44.1 Å². The summed E-state index contributed by atoms with van der Waals surface area (Å²) in [6.07, 6.45) is 17.4. The van der Waals surface area contributed by atoms with Gasteiger partial charge in [0.25, 0.3) is 0 Å². The molecule has 0 aromatic heterocycles. The number of unbranched alkanes of at least 4 members (excludes halogenated alkanes) is 7. The van der Waals surface area contributed by atoms with Crippen molar-refractivity contribution in [2.75, 3.05) is 7.11 Å². The van der Waals surface area contributed by atoms with E-state index in [2.05, 4.69) is 29.9 Å². The van der Waals surface area contributed by atoms with E-state index in [1.807, 2.05) is 0 Å². The molecule has 0 N–H and O–H groups in total. The number of Topliss-reactive ketones (excluding diaryl/α,β-unsaturated/α-hetero) is 1. The van der Waals surface area contributed by atoms with Crippen molar-refractivity contribution < 1.29 is 14.3 Å². The maximum absolute atomic E-state index is 12.2. The first-order valence-electron chi connectivity index (χ1n) is 9.72. The molecule has 0 aromatic rings. The van der Waals surface area contributed by atoms with Crippen molar-refractivity contribution in [1.29, 1.82) is 0 Å². The van der Waals surface area contributed by atoms with Crippen LogP contribution in [0.5, 0.6) is 0 Å². The zero-order valence-electron chi connectivity index (χ0n) is 15.8. The molecule has 0 heterocycles. The molecule has 1 unspecified atom stereocenters. The third kappa shape index (κ3) is 8.71. The second-order valence-electron chi connectivity index (χ2n) is 6.79. The number of ether oxygens (including phenoxy) is 1. The summed E-state index contributed by atoms with van der Waals surface area (Å²) in [4.78, 5) is 23.3. The highest BCUT2D eigenvalue weighted by atomic mass is 35.5. The van der Waals surface area contributed by atoms with Crippen LogP contribution < -0.4 is 0 Å². The summed E-state index contributed by atoms with van der Waals surface area (Å²) in [5.41, 5.74) is 0.887. The zero-order chi connectivity index (χ0) is 18.5. The average molecular weight is 369 g/mol. The van der Waals surface area contributed by atoms with E-state index in [4.69, 9.17) is 11.6 Å². The van der Waals surface area contributed by atoms with Gasteiger partial charge < -0.3 is 4.74 Å². The van der Waals surface area contributed by atoms with E-state index in [9.17, 15) is 9.59 Å². The summed E-state index contributed by atoms with van der Waals surface area (Å²) in [5.74, 6) is 0.117. The topological polar surface area (TPSA) is 43.4 Å². The molecule has 1 aliphatic rings. The lowest BCUT2D eigenvalue weighted by molar-refractivity contribution is -0.140. The number of halogens is 1. The summed E-state index contributed by atoms with van der Waals surface area (Å²) in [7, 11) is 1.42. The van der Waals surface area contributed by atoms with Crippen LogP contribution in [0.15, 0.2) is 23.8 Å². The van der Waals surface area contributed by atoms with E-state index >= 15 is 0 Å². The Hall–Kier alpha value is -1.09. The van der Waals surface area contributed by atoms with Crippen LogP contribution in [0, 0.1) is 5.92 Å². The molecule has 0 amide bonds. The smallest absolute Gasteiger partial charge is 0.305 e. The number of ketones is 1. The lowest BCUT2D eigenvalue weighted by Crippen LogP contribution is -2.06. The molecule has 3 nitrogen and oxygen atoms in total. The largest absolute Gasteiger partial charge is 0.469 e. The van der Waals surface area contributed by atoms with Crippen molar-refractivity contribution in [2.24, 2.45) is 5.92 Å². The minimum absolute atomic E-state index is 0.0943. The molecule has 1 saturated carbocycles. The van der Waals surface area contributed by atoms with Crippen LogP contribution in [0.2, 0.25) is 0 Å². The molecule has 25 heavy (non-hydrogen) atoms. The van der Waals surface area contributed by atoms with Gasteiger partial charge in [-0.1, -0.05) is 50.8 Å². The third-order valence-electron chi connectivity index (χ3n) is 4.70. The van der Waals surface area contributed by atoms with Gasteiger partial charge in [0, 0.05) is 12.3 Å². The Bertz CT molecular complexity index is 468. The highest BCUT2D eigenvalue weighted by Gasteiger charge is 2.34. The van der Waals surface area contributed by atoms with Crippen molar-refractivity contribution in [3.63, 3.8) is 0 Å². The number of rotatable bonds is 12. The molecule has 1 fully saturated rings. The summed E-state index contributed by atoms with van der Waals surface area (Å²) < 4.78 is 4.63. The Morgan fingerprint density at radius 1 is 1.16 bits per heavy atom. The molecule has 0 bridgehead atoms. The van der Waals surface area contributed by atoms with Crippen molar-refractivity contribution in [2.45, 2.75) is 82.9 Å².